The average Bonchev–Trinajstić information content (AvgIpc) is 2.93. The molecule has 0 bridgehead atoms. The second-order valence-corrected chi connectivity index (χ2v) is 8.86. The van der Waals surface area contributed by atoms with Gasteiger partial charge in [0, 0.05) is 4.88 Å². The molecule has 8 heteroatoms. The molecule has 2 atom stereocenters. The van der Waals surface area contributed by atoms with Gasteiger partial charge in [-0.3, -0.25) is 20.4 Å². The molecule has 3 amide bonds. The van der Waals surface area contributed by atoms with Crippen molar-refractivity contribution >= 4 is 29.2 Å². The fourth-order valence-electron chi connectivity index (χ4n) is 2.66. The van der Waals surface area contributed by atoms with Gasteiger partial charge in [-0.15, -0.1) is 11.3 Å². The number of thiophene rings is 1. The zero-order valence-electron chi connectivity index (χ0n) is 15.9. The van der Waals surface area contributed by atoms with Crippen molar-refractivity contribution in [1.82, 2.24) is 16.2 Å². The number of hydrogen-bond acceptors (Lipinski definition) is 5. The van der Waals surface area contributed by atoms with Gasteiger partial charge in [0.05, 0.1) is 4.88 Å². The molecule has 1 aromatic rings. The maximum Gasteiger partial charge on any atom is 0.408 e. The van der Waals surface area contributed by atoms with E-state index in [1.54, 1.807) is 20.8 Å². The number of carbonyl (C=O) groups is 3. The normalized spacial score (nSPS) is 17.7. The molecule has 1 unspecified atom stereocenters. The van der Waals surface area contributed by atoms with Crippen LogP contribution in [-0.4, -0.2) is 29.6 Å². The first-order valence-corrected chi connectivity index (χ1v) is 9.58. The Hall–Kier alpha value is -2.09. The van der Waals surface area contributed by atoms with Crippen LogP contribution in [0.5, 0.6) is 0 Å². The van der Waals surface area contributed by atoms with Crippen LogP contribution in [0.2, 0.25) is 0 Å². The highest BCUT2D eigenvalue weighted by Gasteiger charge is 2.23. The Morgan fingerprint density at radius 2 is 1.96 bits per heavy atom. The van der Waals surface area contributed by atoms with E-state index in [0.29, 0.717) is 10.8 Å². The summed E-state index contributed by atoms with van der Waals surface area (Å²) in [7, 11) is 0. The van der Waals surface area contributed by atoms with Crippen LogP contribution in [0.1, 0.15) is 61.2 Å². The third kappa shape index (κ3) is 5.72. The van der Waals surface area contributed by atoms with Crippen LogP contribution in [0.25, 0.3) is 0 Å². The molecule has 0 saturated carbocycles. The minimum Gasteiger partial charge on any atom is -0.444 e. The van der Waals surface area contributed by atoms with Crippen molar-refractivity contribution in [2.24, 2.45) is 5.92 Å². The number of hydrogen-bond donors (Lipinski definition) is 3. The predicted octanol–water partition coefficient (Wildman–Crippen LogP) is 2.55. The Balaban J connectivity index is 1.83. The van der Waals surface area contributed by atoms with Gasteiger partial charge in [0.15, 0.2) is 0 Å². The van der Waals surface area contributed by atoms with Crippen LogP contribution in [-0.2, 0) is 22.4 Å². The van der Waals surface area contributed by atoms with E-state index < -0.39 is 23.6 Å². The second kappa shape index (κ2) is 8.07. The Kier molecular flexibility index (Phi) is 6.28. The van der Waals surface area contributed by atoms with Crippen molar-refractivity contribution in [3.63, 3.8) is 0 Å². The second-order valence-electron chi connectivity index (χ2n) is 7.72. The van der Waals surface area contributed by atoms with Crippen LogP contribution >= 0.6 is 11.3 Å². The summed E-state index contributed by atoms with van der Waals surface area (Å²) in [5, 5.41) is 2.42. The van der Waals surface area contributed by atoms with E-state index >= 15 is 0 Å². The first kappa shape index (κ1) is 20.2. The number of carbonyl (C=O) groups excluding carboxylic acids is 3. The zero-order chi connectivity index (χ0) is 19.5. The van der Waals surface area contributed by atoms with Gasteiger partial charge in [0.2, 0.25) is 0 Å². The van der Waals surface area contributed by atoms with Crippen LogP contribution in [0.3, 0.4) is 0 Å². The molecule has 3 N–H and O–H groups in total. The molecular weight excluding hydrogens is 354 g/mol. The van der Waals surface area contributed by atoms with Crippen LogP contribution < -0.4 is 16.2 Å². The molecule has 0 aromatic carbocycles. The van der Waals surface area contributed by atoms with Crippen molar-refractivity contribution in [3.8, 4) is 0 Å². The summed E-state index contributed by atoms with van der Waals surface area (Å²) in [4.78, 5) is 37.8. The summed E-state index contributed by atoms with van der Waals surface area (Å²) in [6, 6.07) is 1.06. The van der Waals surface area contributed by atoms with E-state index in [-0.39, 0.29) is 5.91 Å². The summed E-state index contributed by atoms with van der Waals surface area (Å²) in [6.45, 7) is 8.92. The molecule has 1 heterocycles. The molecule has 0 aliphatic heterocycles. The van der Waals surface area contributed by atoms with Crippen molar-refractivity contribution < 1.29 is 19.1 Å². The van der Waals surface area contributed by atoms with Crippen LogP contribution in [0.15, 0.2) is 6.07 Å². The van der Waals surface area contributed by atoms with E-state index in [2.05, 4.69) is 23.1 Å². The van der Waals surface area contributed by atoms with E-state index in [1.165, 1.54) is 28.7 Å². The third-order valence-electron chi connectivity index (χ3n) is 3.98. The molecule has 0 spiro atoms. The fraction of sp³-hybridized carbons (Fsp3) is 0.611. The van der Waals surface area contributed by atoms with Gasteiger partial charge in [-0.05, 0) is 64.5 Å². The lowest BCUT2D eigenvalue weighted by atomic mass is 9.90. The molecule has 2 rings (SSSR count). The summed E-state index contributed by atoms with van der Waals surface area (Å²) in [6.07, 6.45) is 2.44. The molecule has 0 saturated heterocycles. The minimum absolute atomic E-state index is 0.352. The number of alkyl carbamates (subject to hydrolysis) is 1. The van der Waals surface area contributed by atoms with Gasteiger partial charge in [0.1, 0.15) is 11.6 Å². The maximum absolute atomic E-state index is 12.3. The SMILES string of the molecule is CC1CCc2sc(C(=O)NNC(=O)[C@@H](C)NC(=O)OC(C)(C)C)cc2C1. The van der Waals surface area contributed by atoms with Crippen LogP contribution in [0, 0.1) is 5.92 Å². The largest absolute Gasteiger partial charge is 0.444 e. The van der Waals surface area contributed by atoms with E-state index in [9.17, 15) is 14.4 Å². The number of ether oxygens (including phenoxy) is 1. The molecule has 1 aliphatic rings. The highest BCUT2D eigenvalue weighted by molar-refractivity contribution is 7.14. The van der Waals surface area contributed by atoms with Gasteiger partial charge in [-0.2, -0.15) is 0 Å². The van der Waals surface area contributed by atoms with Gasteiger partial charge >= 0.3 is 6.09 Å². The quantitative estimate of drug-likeness (QED) is 0.701. The lowest BCUT2D eigenvalue weighted by Crippen LogP contribution is -2.51. The predicted molar refractivity (Wildman–Crippen MR) is 99.9 cm³/mol. The lowest BCUT2D eigenvalue weighted by Gasteiger charge is -2.21. The van der Waals surface area contributed by atoms with Gasteiger partial charge in [-0.1, -0.05) is 6.92 Å². The summed E-state index contributed by atoms with van der Waals surface area (Å²) in [5.41, 5.74) is 5.32. The highest BCUT2D eigenvalue weighted by Crippen LogP contribution is 2.32. The minimum atomic E-state index is -0.845. The fourth-order valence-corrected chi connectivity index (χ4v) is 3.76. The van der Waals surface area contributed by atoms with Crippen molar-refractivity contribution in [1.29, 1.82) is 0 Å². The smallest absolute Gasteiger partial charge is 0.408 e. The first-order chi connectivity index (χ1) is 12.0. The number of amides is 3. The number of nitrogens with one attached hydrogen (secondary N) is 3. The molecule has 1 aromatic heterocycles. The monoisotopic (exact) mass is 381 g/mol. The van der Waals surface area contributed by atoms with E-state index in [4.69, 9.17) is 4.74 Å². The standard InChI is InChI=1S/C18H27N3O4S/c1-10-6-7-13-12(8-10)9-14(26-13)16(23)21-20-15(22)11(2)19-17(24)25-18(3,4)5/h9-11H,6-8H2,1-5H3,(H,19,24)(H,20,22)(H,21,23)/t10?,11-/m1/s1. The summed E-state index contributed by atoms with van der Waals surface area (Å²) in [5.74, 6) is -0.249. The highest BCUT2D eigenvalue weighted by atomic mass is 32.1. The lowest BCUT2D eigenvalue weighted by molar-refractivity contribution is -0.123. The number of rotatable bonds is 3. The van der Waals surface area contributed by atoms with E-state index in [1.807, 2.05) is 6.07 Å². The van der Waals surface area contributed by atoms with Crippen molar-refractivity contribution in [2.45, 2.75) is 65.5 Å². The molecule has 0 radical (unpaired) electrons. The van der Waals surface area contributed by atoms with Gasteiger partial charge in [0.25, 0.3) is 11.8 Å². The average molecular weight is 381 g/mol. The zero-order valence-corrected chi connectivity index (χ0v) is 16.7. The Morgan fingerprint density at radius 1 is 1.27 bits per heavy atom. The van der Waals surface area contributed by atoms with Crippen molar-refractivity contribution in [2.75, 3.05) is 0 Å². The van der Waals surface area contributed by atoms with Crippen molar-refractivity contribution in [3.05, 3.63) is 21.4 Å². The van der Waals surface area contributed by atoms with Gasteiger partial charge < -0.3 is 10.1 Å². The third-order valence-corrected chi connectivity index (χ3v) is 5.21. The molecule has 26 heavy (non-hydrogen) atoms. The topological polar surface area (TPSA) is 96.5 Å². The summed E-state index contributed by atoms with van der Waals surface area (Å²) >= 11 is 1.47. The number of fused-ring (bicyclic) bond motifs is 1. The molecule has 7 nitrogen and oxygen atoms in total. The number of aryl methyl sites for hydroxylation is 1. The number of hydrazine groups is 1. The van der Waals surface area contributed by atoms with Gasteiger partial charge in [-0.25, -0.2) is 4.79 Å². The molecule has 1 aliphatic carbocycles. The Labute approximate surface area is 157 Å². The van der Waals surface area contributed by atoms with E-state index in [0.717, 1.165) is 19.3 Å². The molecular formula is C18H27N3O4S. The maximum atomic E-state index is 12.3. The molecule has 0 fully saturated rings. The summed E-state index contributed by atoms with van der Waals surface area (Å²) < 4.78 is 5.09. The Bertz CT molecular complexity index is 693. The molecule has 144 valence electrons. The Morgan fingerprint density at radius 3 is 2.62 bits per heavy atom. The van der Waals surface area contributed by atoms with Crippen LogP contribution in [0.4, 0.5) is 4.79 Å². The first-order valence-electron chi connectivity index (χ1n) is 8.76.